The molecule has 8 heteroatoms. The largest absolute Gasteiger partial charge is 0.349 e. The van der Waals surface area contributed by atoms with Crippen molar-refractivity contribution in [3.63, 3.8) is 0 Å². The molecule has 0 saturated heterocycles. The van der Waals surface area contributed by atoms with E-state index in [0.29, 0.717) is 6.54 Å². The molecule has 0 fully saturated rings. The van der Waals surface area contributed by atoms with Crippen molar-refractivity contribution in [1.82, 2.24) is 9.97 Å². The predicted molar refractivity (Wildman–Crippen MR) is 122 cm³/mol. The van der Waals surface area contributed by atoms with E-state index in [0.717, 1.165) is 32.7 Å². The van der Waals surface area contributed by atoms with Crippen molar-refractivity contribution in [2.24, 2.45) is 0 Å². The fraction of sp³-hybridized carbons (Fsp3) is 0.182. The van der Waals surface area contributed by atoms with Crippen LogP contribution in [0.3, 0.4) is 0 Å². The molecule has 0 amide bonds. The van der Waals surface area contributed by atoms with Crippen LogP contribution in [0.25, 0.3) is 21.3 Å². The zero-order valence-electron chi connectivity index (χ0n) is 16.4. The summed E-state index contributed by atoms with van der Waals surface area (Å²) in [5, 5.41) is 14.3. The number of rotatable bonds is 6. The van der Waals surface area contributed by atoms with Gasteiger partial charge in [0.05, 0.1) is 10.3 Å². The average molecular weight is 439 g/mol. The van der Waals surface area contributed by atoms with Gasteiger partial charge in [0, 0.05) is 35.7 Å². The molecule has 0 N–H and O–H groups in total. The molecule has 152 valence electrons. The number of aromatic nitrogens is 2. The normalized spacial score (nSPS) is 11.2. The molecule has 4 rings (SSSR count). The molecule has 0 unspecified atom stereocenters. The Morgan fingerprint density at radius 2 is 1.90 bits per heavy atom. The molecule has 0 atom stereocenters. The molecule has 0 aliphatic rings. The first-order valence-electron chi connectivity index (χ1n) is 9.44. The van der Waals surface area contributed by atoms with E-state index < -0.39 is 0 Å². The fourth-order valence-corrected chi connectivity index (χ4v) is 4.54. The van der Waals surface area contributed by atoms with Gasteiger partial charge in [0.25, 0.3) is 5.69 Å². The number of hydrogen-bond donors (Lipinski definition) is 0. The molecular weight excluding hydrogens is 420 g/mol. The number of halogens is 1. The van der Waals surface area contributed by atoms with Gasteiger partial charge in [0.2, 0.25) is 5.28 Å². The van der Waals surface area contributed by atoms with Gasteiger partial charge in [0.15, 0.2) is 0 Å². The lowest BCUT2D eigenvalue weighted by Gasteiger charge is -2.29. The number of nitro groups is 1. The third-order valence-corrected chi connectivity index (χ3v) is 5.89. The first-order chi connectivity index (χ1) is 14.4. The lowest BCUT2D eigenvalue weighted by Crippen LogP contribution is -2.31. The van der Waals surface area contributed by atoms with Gasteiger partial charge in [-0.05, 0) is 36.6 Å². The Kier molecular flexibility index (Phi) is 5.65. The molecule has 0 saturated carbocycles. The number of thiophene rings is 1. The van der Waals surface area contributed by atoms with Gasteiger partial charge in [-0.25, -0.2) is 4.98 Å². The second-order valence-corrected chi connectivity index (χ2v) is 8.36. The zero-order valence-corrected chi connectivity index (χ0v) is 18.0. The van der Waals surface area contributed by atoms with Crippen molar-refractivity contribution in [2.75, 3.05) is 4.90 Å². The van der Waals surface area contributed by atoms with Crippen LogP contribution in [-0.4, -0.2) is 20.9 Å². The molecule has 0 aliphatic heterocycles. The summed E-state index contributed by atoms with van der Waals surface area (Å²) >= 11 is 7.72. The van der Waals surface area contributed by atoms with E-state index in [1.165, 1.54) is 17.4 Å². The minimum Gasteiger partial charge on any atom is -0.349 e. The van der Waals surface area contributed by atoms with Gasteiger partial charge in [-0.1, -0.05) is 42.5 Å². The molecule has 30 heavy (non-hydrogen) atoms. The highest BCUT2D eigenvalue weighted by Crippen LogP contribution is 2.40. The zero-order chi connectivity index (χ0) is 21.3. The summed E-state index contributed by atoms with van der Waals surface area (Å²) in [5.74, 6) is 0.728. The van der Waals surface area contributed by atoms with Gasteiger partial charge in [-0.2, -0.15) is 4.98 Å². The molecule has 4 aromatic rings. The minimum absolute atomic E-state index is 0.0493. The van der Waals surface area contributed by atoms with Crippen LogP contribution in [0.4, 0.5) is 11.5 Å². The van der Waals surface area contributed by atoms with E-state index in [1.807, 2.05) is 29.6 Å². The van der Waals surface area contributed by atoms with E-state index in [4.69, 9.17) is 11.6 Å². The van der Waals surface area contributed by atoms with Crippen LogP contribution in [0.1, 0.15) is 19.4 Å². The molecule has 2 aromatic heterocycles. The van der Waals surface area contributed by atoms with E-state index in [2.05, 4.69) is 40.8 Å². The highest BCUT2D eigenvalue weighted by atomic mass is 35.5. The highest BCUT2D eigenvalue weighted by Gasteiger charge is 2.22. The van der Waals surface area contributed by atoms with Crippen LogP contribution in [0, 0.1) is 10.1 Å². The summed E-state index contributed by atoms with van der Waals surface area (Å²) in [6.07, 6.45) is 0. The van der Waals surface area contributed by atoms with Gasteiger partial charge in [-0.15, -0.1) is 11.3 Å². The second-order valence-electron chi connectivity index (χ2n) is 7.16. The first kappa shape index (κ1) is 20.3. The summed E-state index contributed by atoms with van der Waals surface area (Å²) in [6.45, 7) is 4.86. The van der Waals surface area contributed by atoms with E-state index >= 15 is 0 Å². The van der Waals surface area contributed by atoms with Crippen LogP contribution in [0.5, 0.6) is 0 Å². The van der Waals surface area contributed by atoms with Gasteiger partial charge in [-0.3, -0.25) is 10.1 Å². The van der Waals surface area contributed by atoms with Crippen molar-refractivity contribution in [3.8, 4) is 11.1 Å². The van der Waals surface area contributed by atoms with Crippen LogP contribution < -0.4 is 4.90 Å². The van der Waals surface area contributed by atoms with Crippen molar-refractivity contribution in [2.45, 2.75) is 26.4 Å². The van der Waals surface area contributed by atoms with Gasteiger partial charge < -0.3 is 4.90 Å². The Bertz CT molecular complexity index is 1210. The number of benzene rings is 2. The number of anilines is 1. The van der Waals surface area contributed by atoms with Gasteiger partial charge >= 0.3 is 0 Å². The van der Waals surface area contributed by atoms with Crippen LogP contribution in [0.2, 0.25) is 5.28 Å². The van der Waals surface area contributed by atoms with Crippen LogP contribution in [0.15, 0.2) is 60.0 Å². The van der Waals surface area contributed by atoms with E-state index in [1.54, 1.807) is 12.1 Å². The third kappa shape index (κ3) is 3.99. The number of nitro benzene ring substituents is 1. The number of hydrogen-bond acceptors (Lipinski definition) is 6. The summed E-state index contributed by atoms with van der Waals surface area (Å²) in [5.41, 5.74) is 2.82. The molecular formula is C22H19ClN4O2S. The number of fused-ring (bicyclic) bond motifs is 1. The predicted octanol–water partition coefficient (Wildman–Crippen LogP) is 6.33. The highest BCUT2D eigenvalue weighted by molar-refractivity contribution is 7.17. The van der Waals surface area contributed by atoms with Crippen LogP contribution in [-0.2, 0) is 6.54 Å². The maximum absolute atomic E-state index is 11.3. The maximum Gasteiger partial charge on any atom is 0.270 e. The molecule has 0 aliphatic carbocycles. The molecule has 6 nitrogen and oxygen atoms in total. The number of nitrogens with zero attached hydrogens (tertiary/aromatic N) is 4. The Morgan fingerprint density at radius 3 is 2.60 bits per heavy atom. The lowest BCUT2D eigenvalue weighted by molar-refractivity contribution is -0.384. The average Bonchev–Trinajstić information content (AvgIpc) is 3.16. The Balaban J connectivity index is 1.90. The monoisotopic (exact) mass is 438 g/mol. The number of non-ortho nitro benzene ring substituents is 1. The van der Waals surface area contributed by atoms with Crippen molar-refractivity contribution in [3.05, 3.63) is 80.9 Å². The second kappa shape index (κ2) is 8.38. The molecule has 0 spiro atoms. The van der Waals surface area contributed by atoms with E-state index in [-0.39, 0.29) is 21.9 Å². The Hall–Kier alpha value is -3.03. The quantitative estimate of drug-likeness (QED) is 0.199. The summed E-state index contributed by atoms with van der Waals surface area (Å²) < 4.78 is 0. The smallest absolute Gasteiger partial charge is 0.270 e. The first-order valence-corrected chi connectivity index (χ1v) is 10.7. The minimum atomic E-state index is -0.387. The van der Waals surface area contributed by atoms with Crippen LogP contribution >= 0.6 is 22.9 Å². The fourth-order valence-electron chi connectivity index (χ4n) is 3.39. The molecule has 0 radical (unpaired) electrons. The standard InChI is InChI=1S/C22H19ClN4O2S/c1-14(2)26(12-15-7-4-3-5-8-15)20-19-18(13-30-21(19)25-22(23)24-20)16-9-6-10-17(11-16)27(28)29/h3-11,13-14H,12H2,1-2H3. The van der Waals surface area contributed by atoms with Crippen molar-refractivity contribution < 1.29 is 4.92 Å². The van der Waals surface area contributed by atoms with E-state index in [9.17, 15) is 10.1 Å². The Morgan fingerprint density at radius 1 is 1.13 bits per heavy atom. The van der Waals surface area contributed by atoms with Crippen molar-refractivity contribution in [1.29, 1.82) is 0 Å². The third-order valence-electron chi connectivity index (χ3n) is 4.85. The maximum atomic E-state index is 11.3. The van der Waals surface area contributed by atoms with Gasteiger partial charge in [0.1, 0.15) is 10.6 Å². The molecule has 2 heterocycles. The topological polar surface area (TPSA) is 72.2 Å². The Labute approximate surface area is 182 Å². The molecule has 0 bridgehead atoms. The summed E-state index contributed by atoms with van der Waals surface area (Å²) in [6, 6.07) is 16.9. The SMILES string of the molecule is CC(C)N(Cc1ccccc1)c1nc(Cl)nc2scc(-c3cccc([N+](=O)[O-])c3)c12. The lowest BCUT2D eigenvalue weighted by atomic mass is 10.0. The van der Waals surface area contributed by atoms with Crippen molar-refractivity contribution >= 4 is 44.7 Å². The summed E-state index contributed by atoms with van der Waals surface area (Å²) in [7, 11) is 0. The molecule has 2 aromatic carbocycles. The summed E-state index contributed by atoms with van der Waals surface area (Å²) in [4.78, 5) is 22.8.